The molecule has 0 radical (unpaired) electrons. The van der Waals surface area contributed by atoms with Crippen LogP contribution in [0.5, 0.6) is 11.6 Å². The summed E-state index contributed by atoms with van der Waals surface area (Å²) < 4.78 is 11.0. The molecule has 0 aliphatic carbocycles. The molecule has 0 fully saturated rings. The summed E-state index contributed by atoms with van der Waals surface area (Å²) in [5.74, 6) is 0.115. The molecule has 0 spiro atoms. The maximum Gasteiger partial charge on any atom is 0.341 e. The largest absolute Gasteiger partial charge is 0.481 e. The third-order valence-electron chi connectivity index (χ3n) is 4.64. The molecular weight excluding hydrogens is 368 g/mol. The third kappa shape index (κ3) is 4.48. The van der Waals surface area contributed by atoms with E-state index in [1.54, 1.807) is 7.11 Å². The van der Waals surface area contributed by atoms with E-state index < -0.39 is 5.97 Å². The van der Waals surface area contributed by atoms with Crippen LogP contribution in [0.1, 0.15) is 11.1 Å². The van der Waals surface area contributed by atoms with E-state index >= 15 is 0 Å². The lowest BCUT2D eigenvalue weighted by molar-refractivity contribution is -0.139. The Labute approximate surface area is 170 Å². The molecule has 6 heteroatoms. The normalized spacial score (nSPS) is 10.5. The molecule has 6 nitrogen and oxygen atoms in total. The quantitative estimate of drug-likeness (QED) is 0.633. The van der Waals surface area contributed by atoms with Crippen LogP contribution in [0.2, 0.25) is 0 Å². The maximum absolute atomic E-state index is 10.8. The number of aliphatic carboxylic acids is 1. The molecule has 1 heterocycles. The van der Waals surface area contributed by atoms with E-state index in [2.05, 4.69) is 4.98 Å². The molecule has 0 aliphatic rings. The van der Waals surface area contributed by atoms with Crippen LogP contribution >= 0.6 is 0 Å². The van der Waals surface area contributed by atoms with Crippen molar-refractivity contribution in [2.24, 2.45) is 0 Å². The monoisotopic (exact) mass is 392 g/mol. The molecular formula is C23H24N2O4. The van der Waals surface area contributed by atoms with Crippen LogP contribution in [0.4, 0.5) is 11.4 Å². The van der Waals surface area contributed by atoms with Crippen LogP contribution in [0, 0.1) is 13.8 Å². The summed E-state index contributed by atoms with van der Waals surface area (Å²) in [7, 11) is 3.54. The first-order chi connectivity index (χ1) is 13.9. The minimum Gasteiger partial charge on any atom is -0.481 e. The third-order valence-corrected chi connectivity index (χ3v) is 4.64. The number of pyridine rings is 1. The molecule has 1 N–H and O–H groups in total. The second-order valence-electron chi connectivity index (χ2n) is 6.74. The Hall–Kier alpha value is -3.54. The highest BCUT2D eigenvalue weighted by Gasteiger charge is 2.16. The zero-order valence-electron chi connectivity index (χ0n) is 17.0. The van der Waals surface area contributed by atoms with Crippen molar-refractivity contribution < 1.29 is 19.4 Å². The number of aryl methyl sites for hydroxylation is 2. The first kappa shape index (κ1) is 20.2. The lowest BCUT2D eigenvalue weighted by Crippen LogP contribution is -2.14. The average molecular weight is 392 g/mol. The van der Waals surface area contributed by atoms with Gasteiger partial charge in [-0.3, -0.25) is 0 Å². The van der Waals surface area contributed by atoms with Crippen LogP contribution in [0.15, 0.2) is 54.6 Å². The van der Waals surface area contributed by atoms with E-state index in [1.165, 1.54) is 0 Å². The van der Waals surface area contributed by atoms with Crippen molar-refractivity contribution in [1.29, 1.82) is 0 Å². The van der Waals surface area contributed by atoms with Crippen LogP contribution in [0.25, 0.3) is 11.3 Å². The van der Waals surface area contributed by atoms with Gasteiger partial charge in [0.15, 0.2) is 6.61 Å². The molecule has 0 aliphatic heterocycles. The first-order valence-electron chi connectivity index (χ1n) is 9.20. The van der Waals surface area contributed by atoms with E-state index in [0.717, 1.165) is 33.8 Å². The smallest absolute Gasteiger partial charge is 0.341 e. The molecule has 0 unspecified atom stereocenters. The van der Waals surface area contributed by atoms with E-state index in [4.69, 9.17) is 14.6 Å². The Morgan fingerprint density at radius 3 is 2.31 bits per heavy atom. The van der Waals surface area contributed by atoms with Gasteiger partial charge in [0.1, 0.15) is 11.4 Å². The summed E-state index contributed by atoms with van der Waals surface area (Å²) in [6.07, 6.45) is 0. The number of methoxy groups -OCH3 is 1. The van der Waals surface area contributed by atoms with Crippen molar-refractivity contribution in [2.75, 3.05) is 25.7 Å². The van der Waals surface area contributed by atoms with Crippen molar-refractivity contribution in [1.82, 2.24) is 4.98 Å². The Kier molecular flexibility index (Phi) is 6.02. The number of carboxylic acid groups (broad SMARTS) is 1. The predicted octanol–water partition coefficient (Wildman–Crippen LogP) is 4.61. The lowest BCUT2D eigenvalue weighted by Gasteiger charge is -2.23. The van der Waals surface area contributed by atoms with Gasteiger partial charge in [-0.05, 0) is 49.2 Å². The van der Waals surface area contributed by atoms with Gasteiger partial charge in [0, 0.05) is 18.3 Å². The minimum absolute atomic E-state index is 0.366. The number of anilines is 2. The van der Waals surface area contributed by atoms with Crippen molar-refractivity contribution in [2.45, 2.75) is 13.8 Å². The summed E-state index contributed by atoms with van der Waals surface area (Å²) in [5, 5.41) is 8.86. The molecule has 0 bridgehead atoms. The van der Waals surface area contributed by atoms with Crippen molar-refractivity contribution in [3.63, 3.8) is 0 Å². The van der Waals surface area contributed by atoms with Gasteiger partial charge < -0.3 is 19.5 Å². The van der Waals surface area contributed by atoms with E-state index in [-0.39, 0.29) is 6.61 Å². The molecule has 1 aromatic heterocycles. The predicted molar refractivity (Wildman–Crippen MR) is 113 cm³/mol. The molecule has 0 amide bonds. The Balaban J connectivity index is 1.93. The highest BCUT2D eigenvalue weighted by Crippen LogP contribution is 2.36. The van der Waals surface area contributed by atoms with Gasteiger partial charge >= 0.3 is 5.97 Å². The Morgan fingerprint density at radius 2 is 1.72 bits per heavy atom. The summed E-state index contributed by atoms with van der Waals surface area (Å²) in [6.45, 7) is 3.43. The maximum atomic E-state index is 10.8. The number of carbonyl (C=O) groups is 1. The van der Waals surface area contributed by atoms with Crippen molar-refractivity contribution in [3.05, 3.63) is 65.7 Å². The molecule has 0 saturated carbocycles. The Bertz CT molecular complexity index is 996. The Morgan fingerprint density at radius 1 is 1.07 bits per heavy atom. The SMILES string of the molecule is COc1nc(-c2ccccc2)ccc1N(C)c1cc(C)c(OCC(=O)O)c(C)c1. The number of rotatable bonds is 7. The minimum atomic E-state index is -1.00. The fourth-order valence-corrected chi connectivity index (χ4v) is 3.23. The first-order valence-corrected chi connectivity index (χ1v) is 9.20. The number of aromatic nitrogens is 1. The number of carboxylic acids is 1. The van der Waals surface area contributed by atoms with Gasteiger partial charge in [0.2, 0.25) is 5.88 Å². The number of hydrogen-bond acceptors (Lipinski definition) is 5. The fraction of sp³-hybridized carbons (Fsp3) is 0.217. The highest BCUT2D eigenvalue weighted by atomic mass is 16.5. The van der Waals surface area contributed by atoms with E-state index in [0.29, 0.717) is 11.6 Å². The van der Waals surface area contributed by atoms with Gasteiger partial charge in [-0.25, -0.2) is 9.78 Å². The van der Waals surface area contributed by atoms with Gasteiger partial charge in [-0.15, -0.1) is 0 Å². The van der Waals surface area contributed by atoms with Crippen LogP contribution in [-0.2, 0) is 4.79 Å². The zero-order chi connectivity index (χ0) is 21.0. The summed E-state index contributed by atoms with van der Waals surface area (Å²) in [5.41, 5.74) is 5.33. The van der Waals surface area contributed by atoms with Crippen LogP contribution in [0.3, 0.4) is 0 Å². The zero-order valence-corrected chi connectivity index (χ0v) is 17.0. The van der Waals surface area contributed by atoms with Crippen LogP contribution < -0.4 is 14.4 Å². The van der Waals surface area contributed by atoms with E-state index in [1.807, 2.05) is 80.4 Å². The fourth-order valence-electron chi connectivity index (χ4n) is 3.23. The van der Waals surface area contributed by atoms with Crippen LogP contribution in [-0.4, -0.2) is 36.8 Å². The summed E-state index contributed by atoms with van der Waals surface area (Å²) in [4.78, 5) is 17.5. The topological polar surface area (TPSA) is 71.9 Å². The summed E-state index contributed by atoms with van der Waals surface area (Å²) in [6, 6.07) is 17.8. The van der Waals surface area contributed by atoms with Gasteiger partial charge in [0.05, 0.1) is 12.8 Å². The van der Waals surface area contributed by atoms with Crippen molar-refractivity contribution in [3.8, 4) is 22.9 Å². The second-order valence-corrected chi connectivity index (χ2v) is 6.74. The molecule has 3 rings (SSSR count). The number of nitrogens with zero attached hydrogens (tertiary/aromatic N) is 2. The standard InChI is InChI=1S/C23H24N2O4/c1-15-12-18(13-16(2)22(15)29-14-21(26)27)25(3)20-11-10-19(24-23(20)28-4)17-8-6-5-7-9-17/h5-13H,14H2,1-4H3,(H,26,27). The molecule has 29 heavy (non-hydrogen) atoms. The highest BCUT2D eigenvalue weighted by molar-refractivity contribution is 5.72. The number of ether oxygens (including phenoxy) is 2. The number of hydrogen-bond donors (Lipinski definition) is 1. The molecule has 0 atom stereocenters. The van der Waals surface area contributed by atoms with E-state index in [9.17, 15) is 4.79 Å². The van der Waals surface area contributed by atoms with Gasteiger partial charge in [-0.2, -0.15) is 0 Å². The van der Waals surface area contributed by atoms with Gasteiger partial charge in [-0.1, -0.05) is 30.3 Å². The molecule has 150 valence electrons. The average Bonchev–Trinajstić information content (AvgIpc) is 2.72. The summed E-state index contributed by atoms with van der Waals surface area (Å²) >= 11 is 0. The molecule has 3 aromatic rings. The lowest BCUT2D eigenvalue weighted by atomic mass is 10.1. The number of benzene rings is 2. The second kappa shape index (κ2) is 8.65. The van der Waals surface area contributed by atoms with Crippen molar-refractivity contribution >= 4 is 17.3 Å². The molecule has 2 aromatic carbocycles. The molecule has 0 saturated heterocycles. The van der Waals surface area contributed by atoms with Gasteiger partial charge in [0.25, 0.3) is 0 Å².